The average Bonchev–Trinajstić information content (AvgIpc) is 3.45. The van der Waals surface area contributed by atoms with Gasteiger partial charge in [-0.3, -0.25) is 9.97 Å². The Balaban J connectivity index is 1.07. The third-order valence-corrected chi connectivity index (χ3v) is 10.3. The maximum Gasteiger partial charge on any atom is 0.0929 e. The number of hydrogen-bond donors (Lipinski definition) is 0. The molecule has 0 amide bonds. The van der Waals surface area contributed by atoms with Crippen molar-refractivity contribution in [2.45, 2.75) is 19.3 Å². The summed E-state index contributed by atoms with van der Waals surface area (Å²) in [5.74, 6) is 0. The summed E-state index contributed by atoms with van der Waals surface area (Å²) in [5.41, 5.74) is 17.1. The van der Waals surface area contributed by atoms with Crippen LogP contribution in [0.1, 0.15) is 25.1 Å². The van der Waals surface area contributed by atoms with Gasteiger partial charge < -0.3 is 4.90 Å². The van der Waals surface area contributed by atoms with E-state index in [1.54, 1.807) is 12.4 Å². The van der Waals surface area contributed by atoms with E-state index in [0.717, 1.165) is 28.5 Å². The lowest BCUT2D eigenvalue weighted by Crippen LogP contribution is -2.17. The van der Waals surface area contributed by atoms with Gasteiger partial charge in [-0.25, -0.2) is 0 Å². The molecule has 9 rings (SSSR count). The molecule has 0 atom stereocenters. The number of benzene rings is 7. The van der Waals surface area contributed by atoms with Gasteiger partial charge in [-0.1, -0.05) is 147 Å². The molecule has 52 heavy (non-hydrogen) atoms. The highest BCUT2D eigenvalue weighted by atomic mass is 15.1. The fourth-order valence-corrected chi connectivity index (χ4v) is 7.76. The maximum absolute atomic E-state index is 4.76. The lowest BCUT2D eigenvalue weighted by atomic mass is 9.80. The van der Waals surface area contributed by atoms with Crippen molar-refractivity contribution >= 4 is 17.1 Å². The second-order valence-corrected chi connectivity index (χ2v) is 13.9. The molecule has 3 heteroatoms. The zero-order valence-corrected chi connectivity index (χ0v) is 29.2. The van der Waals surface area contributed by atoms with Gasteiger partial charge in [-0.2, -0.15) is 0 Å². The van der Waals surface area contributed by atoms with Gasteiger partial charge in [0, 0.05) is 40.4 Å². The maximum atomic E-state index is 4.76. The Morgan fingerprint density at radius 1 is 0.385 bits per heavy atom. The topological polar surface area (TPSA) is 29.0 Å². The number of anilines is 3. The van der Waals surface area contributed by atoms with Crippen LogP contribution in [-0.4, -0.2) is 9.97 Å². The van der Waals surface area contributed by atoms with Gasteiger partial charge in [0.05, 0.1) is 11.4 Å². The van der Waals surface area contributed by atoms with Crippen molar-refractivity contribution < 1.29 is 0 Å². The number of nitrogens with zero attached hydrogens (tertiary/aromatic N) is 3. The summed E-state index contributed by atoms with van der Waals surface area (Å²) < 4.78 is 0. The Hall–Kier alpha value is -6.58. The highest BCUT2D eigenvalue weighted by Crippen LogP contribution is 2.50. The van der Waals surface area contributed by atoms with E-state index in [-0.39, 0.29) is 5.41 Å². The minimum atomic E-state index is -0.241. The molecule has 7 aromatic carbocycles. The fourth-order valence-electron chi connectivity index (χ4n) is 7.76. The molecule has 248 valence electrons. The third kappa shape index (κ3) is 5.57. The SMILES string of the molecule is CC1(C)c2nccnc2-c2cccc(-c3cccc(-c4ccc(N(c5ccc(-c6ccccc6)cc5)c5ccc(-c6ccccc6)cc5)cc4)c3)c21. The lowest BCUT2D eigenvalue weighted by Gasteiger charge is -2.26. The van der Waals surface area contributed by atoms with Crippen LogP contribution in [-0.2, 0) is 5.41 Å². The van der Waals surface area contributed by atoms with Crippen molar-refractivity contribution in [1.82, 2.24) is 9.97 Å². The molecule has 0 radical (unpaired) electrons. The molecule has 0 aliphatic heterocycles. The largest absolute Gasteiger partial charge is 0.311 e. The van der Waals surface area contributed by atoms with Crippen molar-refractivity contribution in [3.05, 3.63) is 200 Å². The van der Waals surface area contributed by atoms with E-state index in [1.165, 1.54) is 55.6 Å². The molecule has 0 saturated heterocycles. The Labute approximate surface area is 305 Å². The highest BCUT2D eigenvalue weighted by molar-refractivity contribution is 5.87. The van der Waals surface area contributed by atoms with Crippen LogP contribution in [0.3, 0.4) is 0 Å². The molecule has 0 fully saturated rings. The predicted molar refractivity (Wildman–Crippen MR) is 216 cm³/mol. The minimum absolute atomic E-state index is 0.241. The van der Waals surface area contributed by atoms with Crippen LogP contribution < -0.4 is 4.90 Å². The minimum Gasteiger partial charge on any atom is -0.311 e. The van der Waals surface area contributed by atoms with E-state index >= 15 is 0 Å². The monoisotopic (exact) mass is 667 g/mol. The lowest BCUT2D eigenvalue weighted by molar-refractivity contribution is 0.636. The zero-order valence-electron chi connectivity index (χ0n) is 29.2. The van der Waals surface area contributed by atoms with Gasteiger partial charge in [0.1, 0.15) is 0 Å². The molecule has 0 spiro atoms. The molecule has 1 heterocycles. The summed E-state index contributed by atoms with van der Waals surface area (Å²) in [5, 5.41) is 0. The van der Waals surface area contributed by atoms with E-state index < -0.39 is 0 Å². The molecule has 0 unspecified atom stereocenters. The van der Waals surface area contributed by atoms with Gasteiger partial charge in [0.25, 0.3) is 0 Å². The van der Waals surface area contributed by atoms with Gasteiger partial charge in [0.2, 0.25) is 0 Å². The Kier molecular flexibility index (Phi) is 7.82. The smallest absolute Gasteiger partial charge is 0.0929 e. The molecule has 8 aromatic rings. The second-order valence-electron chi connectivity index (χ2n) is 13.9. The molecular formula is C49H37N3. The number of hydrogen-bond acceptors (Lipinski definition) is 3. The molecule has 1 aliphatic rings. The van der Waals surface area contributed by atoms with E-state index in [9.17, 15) is 0 Å². The van der Waals surface area contributed by atoms with Crippen LogP contribution in [0.4, 0.5) is 17.1 Å². The van der Waals surface area contributed by atoms with Gasteiger partial charge >= 0.3 is 0 Å². The average molecular weight is 668 g/mol. The van der Waals surface area contributed by atoms with Crippen LogP contribution in [0, 0.1) is 0 Å². The molecule has 0 N–H and O–H groups in total. The van der Waals surface area contributed by atoms with Crippen molar-refractivity contribution in [2.24, 2.45) is 0 Å². The second kappa shape index (κ2) is 12.9. The van der Waals surface area contributed by atoms with Crippen LogP contribution in [0.2, 0.25) is 0 Å². The summed E-state index contributed by atoms with van der Waals surface area (Å²) in [6.07, 6.45) is 3.60. The van der Waals surface area contributed by atoms with E-state index in [0.29, 0.717) is 0 Å². The third-order valence-electron chi connectivity index (χ3n) is 10.3. The number of aromatic nitrogens is 2. The molecule has 0 saturated carbocycles. The summed E-state index contributed by atoms with van der Waals surface area (Å²) in [6, 6.07) is 63.2. The first kappa shape index (κ1) is 31.4. The molecule has 1 aromatic heterocycles. The first-order valence-electron chi connectivity index (χ1n) is 17.8. The molecule has 1 aliphatic carbocycles. The van der Waals surface area contributed by atoms with E-state index in [4.69, 9.17) is 9.97 Å². The normalized spacial score (nSPS) is 12.6. The first-order chi connectivity index (χ1) is 25.5. The van der Waals surface area contributed by atoms with Crippen LogP contribution >= 0.6 is 0 Å². The Morgan fingerprint density at radius 3 is 1.37 bits per heavy atom. The van der Waals surface area contributed by atoms with Gasteiger partial charge in [-0.05, 0) is 92.5 Å². The summed E-state index contributed by atoms with van der Waals surface area (Å²) >= 11 is 0. The van der Waals surface area contributed by atoms with Gasteiger partial charge in [-0.15, -0.1) is 0 Å². The Bertz CT molecular complexity index is 2420. The van der Waals surface area contributed by atoms with Crippen molar-refractivity contribution in [3.8, 4) is 55.8 Å². The summed E-state index contributed by atoms with van der Waals surface area (Å²) in [4.78, 5) is 11.8. The van der Waals surface area contributed by atoms with Crippen molar-refractivity contribution in [1.29, 1.82) is 0 Å². The van der Waals surface area contributed by atoms with Crippen molar-refractivity contribution in [2.75, 3.05) is 4.90 Å². The number of rotatable bonds is 7. The molecule has 3 nitrogen and oxygen atoms in total. The van der Waals surface area contributed by atoms with E-state index in [1.807, 2.05) is 0 Å². The number of fused-ring (bicyclic) bond motifs is 3. The van der Waals surface area contributed by atoms with Crippen LogP contribution in [0.15, 0.2) is 188 Å². The summed E-state index contributed by atoms with van der Waals surface area (Å²) in [6.45, 7) is 4.52. The van der Waals surface area contributed by atoms with Crippen LogP contribution in [0.5, 0.6) is 0 Å². The molecular weight excluding hydrogens is 631 g/mol. The zero-order chi connectivity index (χ0) is 35.1. The van der Waals surface area contributed by atoms with E-state index in [2.05, 4.69) is 195 Å². The quantitative estimate of drug-likeness (QED) is 0.169. The highest BCUT2D eigenvalue weighted by Gasteiger charge is 2.39. The van der Waals surface area contributed by atoms with Crippen LogP contribution in [0.25, 0.3) is 55.8 Å². The fraction of sp³-hybridized carbons (Fsp3) is 0.0612. The van der Waals surface area contributed by atoms with Gasteiger partial charge in [0.15, 0.2) is 0 Å². The first-order valence-corrected chi connectivity index (χ1v) is 17.8. The summed E-state index contributed by atoms with van der Waals surface area (Å²) in [7, 11) is 0. The standard InChI is InChI=1S/C49H37N3/c1-49(2)46-44(17-10-18-45(46)47-48(49)51-32-31-50-47)40-16-9-15-39(33-40)38-23-29-43(30-24-38)52(41-25-19-36(20-26-41)34-11-5-3-6-12-34)42-27-21-37(22-28-42)35-13-7-4-8-14-35/h3-33H,1-2H3. The predicted octanol–water partition coefficient (Wildman–Crippen LogP) is 12.9. The Morgan fingerprint density at radius 2 is 0.808 bits per heavy atom. The van der Waals surface area contributed by atoms with Crippen molar-refractivity contribution in [3.63, 3.8) is 0 Å². The molecule has 0 bridgehead atoms.